The molecule has 6 nitrogen and oxygen atoms in total. The van der Waals surface area contributed by atoms with Crippen LogP contribution in [0.3, 0.4) is 0 Å². The molecular formula is C21H19N3O3S. The molecule has 0 N–H and O–H groups in total. The average Bonchev–Trinajstić information content (AvgIpc) is 3.35. The summed E-state index contributed by atoms with van der Waals surface area (Å²) >= 11 is 1.45. The molecule has 0 unspecified atom stereocenters. The van der Waals surface area contributed by atoms with Gasteiger partial charge in [-0.1, -0.05) is 18.2 Å². The predicted molar refractivity (Wildman–Crippen MR) is 107 cm³/mol. The van der Waals surface area contributed by atoms with E-state index < -0.39 is 12.1 Å². The van der Waals surface area contributed by atoms with Gasteiger partial charge in [0.25, 0.3) is 5.91 Å². The van der Waals surface area contributed by atoms with Crippen molar-refractivity contribution in [2.75, 3.05) is 11.4 Å². The van der Waals surface area contributed by atoms with Crippen molar-refractivity contribution in [1.82, 2.24) is 9.97 Å². The number of amides is 1. The lowest BCUT2D eigenvalue weighted by atomic mass is 10.2. The lowest BCUT2D eigenvalue weighted by Crippen LogP contribution is -2.39. The molecule has 1 amide bonds. The molecule has 1 aliphatic rings. The first-order valence-corrected chi connectivity index (χ1v) is 9.93. The molecule has 0 bridgehead atoms. The van der Waals surface area contributed by atoms with Crippen LogP contribution in [0.4, 0.5) is 5.69 Å². The highest BCUT2D eigenvalue weighted by molar-refractivity contribution is 7.13. The Morgan fingerprint density at radius 1 is 1.25 bits per heavy atom. The minimum atomic E-state index is -0.838. The molecule has 7 heteroatoms. The van der Waals surface area contributed by atoms with Gasteiger partial charge in [-0.15, -0.1) is 11.3 Å². The van der Waals surface area contributed by atoms with Crippen molar-refractivity contribution in [3.05, 3.63) is 65.4 Å². The number of carbonyl (C=O) groups excluding carboxylic acids is 2. The number of esters is 1. The second-order valence-corrected chi connectivity index (χ2v) is 7.42. The molecule has 0 saturated heterocycles. The molecule has 3 heterocycles. The highest BCUT2D eigenvalue weighted by Gasteiger charge is 2.29. The van der Waals surface area contributed by atoms with Crippen LogP contribution in [0.25, 0.3) is 10.6 Å². The number of hydrogen-bond acceptors (Lipinski definition) is 6. The van der Waals surface area contributed by atoms with Gasteiger partial charge in [-0.2, -0.15) is 0 Å². The van der Waals surface area contributed by atoms with Gasteiger partial charge in [-0.3, -0.25) is 14.6 Å². The first-order valence-electron chi connectivity index (χ1n) is 9.05. The Kier molecular flexibility index (Phi) is 5.16. The summed E-state index contributed by atoms with van der Waals surface area (Å²) in [5, 5.41) is 2.63. The average molecular weight is 393 g/mol. The summed E-state index contributed by atoms with van der Waals surface area (Å²) in [4.78, 5) is 35.2. The number of ether oxygens (including phenoxy) is 1. The summed E-state index contributed by atoms with van der Waals surface area (Å²) in [6, 6.07) is 11.6. The standard InChI is InChI=1S/C21H19N3O3S/c1-14(21(26)24-10-8-15-5-2-3-7-18(15)24)27-19(25)11-17-13-28-20(23-17)16-6-4-9-22-12-16/h2-7,9,12-14H,8,10-11H2,1H3/t14-/m1/s1. The quantitative estimate of drug-likeness (QED) is 0.622. The molecule has 1 aliphatic heterocycles. The van der Waals surface area contributed by atoms with E-state index in [1.54, 1.807) is 24.2 Å². The summed E-state index contributed by atoms with van der Waals surface area (Å²) < 4.78 is 5.38. The van der Waals surface area contributed by atoms with Crippen LogP contribution in [-0.2, 0) is 27.2 Å². The minimum absolute atomic E-state index is 0.0327. The van der Waals surface area contributed by atoms with Crippen LogP contribution in [0.15, 0.2) is 54.2 Å². The lowest BCUT2D eigenvalue weighted by molar-refractivity contribution is -0.153. The molecule has 3 aromatic rings. The SMILES string of the molecule is C[C@@H](OC(=O)Cc1csc(-c2cccnc2)n1)C(=O)N1CCc2ccccc21. The van der Waals surface area contributed by atoms with E-state index in [0.717, 1.165) is 28.2 Å². The largest absolute Gasteiger partial charge is 0.452 e. The molecule has 0 spiro atoms. The van der Waals surface area contributed by atoms with E-state index in [9.17, 15) is 9.59 Å². The molecule has 0 saturated carbocycles. The Balaban J connectivity index is 1.36. The number of pyridine rings is 1. The van der Waals surface area contributed by atoms with Gasteiger partial charge in [0.15, 0.2) is 6.10 Å². The van der Waals surface area contributed by atoms with E-state index in [-0.39, 0.29) is 12.3 Å². The monoisotopic (exact) mass is 393 g/mol. The summed E-state index contributed by atoms with van der Waals surface area (Å²) in [5.74, 6) is -0.663. The normalized spacial score (nSPS) is 13.8. The van der Waals surface area contributed by atoms with Crippen LogP contribution in [0.5, 0.6) is 0 Å². The molecule has 0 aliphatic carbocycles. The first-order chi connectivity index (χ1) is 13.6. The summed E-state index contributed by atoms with van der Waals surface area (Å²) in [6.45, 7) is 2.23. The number of nitrogens with zero attached hydrogens (tertiary/aromatic N) is 3. The Morgan fingerprint density at radius 3 is 2.93 bits per heavy atom. The van der Waals surface area contributed by atoms with Crippen LogP contribution in [0.2, 0.25) is 0 Å². The van der Waals surface area contributed by atoms with Crippen LogP contribution < -0.4 is 4.90 Å². The van der Waals surface area contributed by atoms with E-state index in [4.69, 9.17) is 4.74 Å². The Labute approximate surface area is 166 Å². The predicted octanol–water partition coefficient (Wildman–Crippen LogP) is 3.27. The molecule has 1 aromatic carbocycles. The number of rotatable bonds is 5. The number of thiazole rings is 1. The summed E-state index contributed by atoms with van der Waals surface area (Å²) in [5.41, 5.74) is 3.57. The fraction of sp³-hybridized carbons (Fsp3) is 0.238. The molecular weight excluding hydrogens is 374 g/mol. The van der Waals surface area contributed by atoms with Gasteiger partial charge in [0.1, 0.15) is 5.01 Å². The third-order valence-electron chi connectivity index (χ3n) is 4.59. The second kappa shape index (κ2) is 7.90. The van der Waals surface area contributed by atoms with E-state index in [2.05, 4.69) is 9.97 Å². The highest BCUT2D eigenvalue weighted by Crippen LogP contribution is 2.28. The fourth-order valence-corrected chi connectivity index (χ4v) is 4.04. The van der Waals surface area contributed by atoms with E-state index in [1.807, 2.05) is 41.8 Å². The van der Waals surface area contributed by atoms with Gasteiger partial charge in [0.05, 0.1) is 12.1 Å². The number of fused-ring (bicyclic) bond motifs is 1. The van der Waals surface area contributed by atoms with E-state index in [0.29, 0.717) is 12.2 Å². The third-order valence-corrected chi connectivity index (χ3v) is 5.54. The van der Waals surface area contributed by atoms with E-state index in [1.165, 1.54) is 11.3 Å². The molecule has 0 radical (unpaired) electrons. The Bertz CT molecular complexity index is 1000. The minimum Gasteiger partial charge on any atom is -0.452 e. The maximum absolute atomic E-state index is 12.7. The number of hydrogen-bond donors (Lipinski definition) is 0. The Hall–Kier alpha value is -3.06. The molecule has 1 atom stereocenters. The van der Waals surface area contributed by atoms with Crippen molar-refractivity contribution in [3.8, 4) is 10.6 Å². The molecule has 4 rings (SSSR count). The maximum Gasteiger partial charge on any atom is 0.312 e. The summed E-state index contributed by atoms with van der Waals surface area (Å²) in [6.07, 6.45) is 3.45. The van der Waals surface area contributed by atoms with Crippen molar-refractivity contribution in [1.29, 1.82) is 0 Å². The number of benzene rings is 1. The van der Waals surface area contributed by atoms with Crippen molar-refractivity contribution in [2.24, 2.45) is 0 Å². The van der Waals surface area contributed by atoms with Gasteiger partial charge in [-0.05, 0) is 37.1 Å². The molecule has 142 valence electrons. The number of aromatic nitrogens is 2. The molecule has 28 heavy (non-hydrogen) atoms. The Morgan fingerprint density at radius 2 is 2.11 bits per heavy atom. The van der Waals surface area contributed by atoms with Gasteiger partial charge in [-0.25, -0.2) is 4.98 Å². The van der Waals surface area contributed by atoms with Crippen molar-refractivity contribution in [2.45, 2.75) is 25.9 Å². The molecule has 2 aromatic heterocycles. The second-order valence-electron chi connectivity index (χ2n) is 6.56. The smallest absolute Gasteiger partial charge is 0.312 e. The lowest BCUT2D eigenvalue weighted by Gasteiger charge is -2.21. The zero-order valence-corrected chi connectivity index (χ0v) is 16.2. The maximum atomic E-state index is 12.7. The van der Waals surface area contributed by atoms with Crippen LogP contribution >= 0.6 is 11.3 Å². The van der Waals surface area contributed by atoms with Gasteiger partial charge >= 0.3 is 5.97 Å². The van der Waals surface area contributed by atoms with Crippen molar-refractivity contribution >= 4 is 28.9 Å². The first kappa shape index (κ1) is 18.3. The van der Waals surface area contributed by atoms with Gasteiger partial charge in [0, 0.05) is 35.6 Å². The zero-order valence-electron chi connectivity index (χ0n) is 15.4. The van der Waals surface area contributed by atoms with Crippen molar-refractivity contribution in [3.63, 3.8) is 0 Å². The van der Waals surface area contributed by atoms with Crippen LogP contribution in [0.1, 0.15) is 18.2 Å². The highest BCUT2D eigenvalue weighted by atomic mass is 32.1. The zero-order chi connectivity index (χ0) is 19.5. The molecule has 0 fully saturated rings. The topological polar surface area (TPSA) is 72.4 Å². The van der Waals surface area contributed by atoms with Crippen molar-refractivity contribution < 1.29 is 14.3 Å². The fourth-order valence-electron chi connectivity index (χ4n) is 3.23. The van der Waals surface area contributed by atoms with E-state index >= 15 is 0 Å². The number of carbonyl (C=O) groups is 2. The van der Waals surface area contributed by atoms with Crippen LogP contribution in [0, 0.1) is 0 Å². The third kappa shape index (κ3) is 3.80. The van der Waals surface area contributed by atoms with Gasteiger partial charge < -0.3 is 9.64 Å². The van der Waals surface area contributed by atoms with Crippen LogP contribution in [-0.4, -0.2) is 34.5 Å². The number of anilines is 1. The van der Waals surface area contributed by atoms with Gasteiger partial charge in [0.2, 0.25) is 0 Å². The number of para-hydroxylation sites is 1. The summed E-state index contributed by atoms with van der Waals surface area (Å²) in [7, 11) is 0.